The Morgan fingerprint density at radius 2 is 2.27 bits per heavy atom. The zero-order valence-corrected chi connectivity index (χ0v) is 9.17. The number of ether oxygens (including phenoxy) is 1. The Kier molecular flexibility index (Phi) is 3.41. The number of aromatic nitrogens is 3. The van der Waals surface area contributed by atoms with Crippen LogP contribution in [0.5, 0.6) is 0 Å². The van der Waals surface area contributed by atoms with Gasteiger partial charge in [0.1, 0.15) is 11.6 Å². The molecule has 0 bridgehead atoms. The third kappa shape index (κ3) is 4.07. The number of rotatable bonds is 3. The lowest BCUT2D eigenvalue weighted by molar-refractivity contribution is -0.156. The Hall–Kier alpha value is -1.43. The van der Waals surface area contributed by atoms with Crippen molar-refractivity contribution in [3.05, 3.63) is 12.4 Å². The smallest absolute Gasteiger partial charge is 0.325 e. The van der Waals surface area contributed by atoms with E-state index in [0.717, 1.165) is 0 Å². The summed E-state index contributed by atoms with van der Waals surface area (Å²) in [7, 11) is 0. The molecule has 0 spiro atoms. The summed E-state index contributed by atoms with van der Waals surface area (Å²) in [5.41, 5.74) is 5.14. The molecule has 2 N–H and O–H groups in total. The van der Waals surface area contributed by atoms with Crippen molar-refractivity contribution in [3.8, 4) is 0 Å². The molecule has 1 aromatic rings. The average molecular weight is 212 g/mol. The number of carbonyl (C=O) groups is 1. The highest BCUT2D eigenvalue weighted by Crippen LogP contribution is 2.08. The maximum absolute atomic E-state index is 11.5. The highest BCUT2D eigenvalue weighted by atomic mass is 16.6. The van der Waals surface area contributed by atoms with Crippen LogP contribution in [0.1, 0.15) is 20.8 Å². The molecular weight excluding hydrogens is 196 g/mol. The van der Waals surface area contributed by atoms with E-state index in [1.54, 1.807) is 27.0 Å². The fourth-order valence-corrected chi connectivity index (χ4v) is 0.984. The van der Waals surface area contributed by atoms with Crippen LogP contribution in [0.2, 0.25) is 0 Å². The normalized spacial score (nSPS) is 13.6. The Balaban J connectivity index is 2.47. The molecule has 1 unspecified atom stereocenters. The Morgan fingerprint density at radius 3 is 2.73 bits per heavy atom. The number of esters is 1. The lowest BCUT2D eigenvalue weighted by Crippen LogP contribution is -2.40. The zero-order chi connectivity index (χ0) is 11.5. The van der Waals surface area contributed by atoms with Crippen LogP contribution in [-0.4, -0.2) is 32.6 Å². The second-order valence-electron chi connectivity index (χ2n) is 4.27. The van der Waals surface area contributed by atoms with Gasteiger partial charge in [0.15, 0.2) is 0 Å². The van der Waals surface area contributed by atoms with Gasteiger partial charge in [0.2, 0.25) is 0 Å². The van der Waals surface area contributed by atoms with Crippen LogP contribution in [0.3, 0.4) is 0 Å². The number of hydrogen-bond donors (Lipinski definition) is 1. The fraction of sp³-hybridized carbons (Fsp3) is 0.667. The van der Waals surface area contributed by atoms with Gasteiger partial charge in [0.25, 0.3) is 0 Å². The van der Waals surface area contributed by atoms with Gasteiger partial charge in [-0.3, -0.25) is 9.48 Å². The number of nitrogens with two attached hydrogens (primary N) is 1. The average Bonchev–Trinajstić information content (AvgIpc) is 2.53. The first kappa shape index (κ1) is 11.6. The monoisotopic (exact) mass is 212 g/mol. The molecule has 0 saturated heterocycles. The molecule has 0 saturated carbocycles. The second kappa shape index (κ2) is 4.39. The summed E-state index contributed by atoms with van der Waals surface area (Å²) in [6.07, 6.45) is 3.17. The standard InChI is InChI=1S/C9H16N4O2/c1-9(2,3)15-8(14)7(10)6-13-5-4-11-12-13/h4-5,7H,6,10H2,1-3H3. The molecule has 15 heavy (non-hydrogen) atoms. The van der Waals surface area contributed by atoms with E-state index in [-0.39, 0.29) is 6.54 Å². The molecule has 0 aliphatic heterocycles. The molecule has 6 nitrogen and oxygen atoms in total. The third-order valence-corrected chi connectivity index (χ3v) is 1.57. The van der Waals surface area contributed by atoms with Gasteiger partial charge in [-0.1, -0.05) is 5.21 Å². The number of carbonyl (C=O) groups excluding carboxylic acids is 1. The molecule has 0 amide bonds. The van der Waals surface area contributed by atoms with Crippen molar-refractivity contribution >= 4 is 5.97 Å². The van der Waals surface area contributed by atoms with Crippen LogP contribution in [0.15, 0.2) is 12.4 Å². The van der Waals surface area contributed by atoms with Crippen molar-refractivity contribution in [2.45, 2.75) is 39.0 Å². The SMILES string of the molecule is CC(C)(C)OC(=O)C(N)Cn1ccnn1. The highest BCUT2D eigenvalue weighted by Gasteiger charge is 2.22. The topological polar surface area (TPSA) is 83.0 Å². The first-order chi connectivity index (χ1) is 6.88. The van der Waals surface area contributed by atoms with Gasteiger partial charge in [0, 0.05) is 6.20 Å². The molecule has 0 aliphatic carbocycles. The molecule has 1 atom stereocenters. The number of nitrogens with zero attached hydrogens (tertiary/aromatic N) is 3. The van der Waals surface area contributed by atoms with Crippen LogP contribution in [-0.2, 0) is 16.1 Å². The maximum Gasteiger partial charge on any atom is 0.325 e. The van der Waals surface area contributed by atoms with Crippen molar-refractivity contribution in [2.75, 3.05) is 0 Å². The second-order valence-corrected chi connectivity index (χ2v) is 4.27. The van der Waals surface area contributed by atoms with Gasteiger partial charge >= 0.3 is 5.97 Å². The summed E-state index contributed by atoms with van der Waals surface area (Å²) >= 11 is 0. The van der Waals surface area contributed by atoms with Crippen molar-refractivity contribution in [2.24, 2.45) is 5.73 Å². The molecule has 0 aromatic carbocycles. The lowest BCUT2D eigenvalue weighted by atomic mass is 10.2. The molecule has 6 heteroatoms. The van der Waals surface area contributed by atoms with Gasteiger partial charge in [0.05, 0.1) is 12.7 Å². The van der Waals surface area contributed by atoms with E-state index in [4.69, 9.17) is 10.5 Å². The van der Waals surface area contributed by atoms with Crippen molar-refractivity contribution in [1.29, 1.82) is 0 Å². The van der Waals surface area contributed by atoms with Crippen LogP contribution in [0.25, 0.3) is 0 Å². The minimum Gasteiger partial charge on any atom is -0.459 e. The van der Waals surface area contributed by atoms with Gasteiger partial charge in [-0.25, -0.2) is 0 Å². The summed E-state index contributed by atoms with van der Waals surface area (Å²) in [5, 5.41) is 7.33. The first-order valence-corrected chi connectivity index (χ1v) is 4.71. The molecule has 0 fully saturated rings. The van der Waals surface area contributed by atoms with Crippen LogP contribution in [0, 0.1) is 0 Å². The first-order valence-electron chi connectivity index (χ1n) is 4.71. The molecule has 0 aliphatic rings. The fourth-order valence-electron chi connectivity index (χ4n) is 0.984. The maximum atomic E-state index is 11.5. The molecular formula is C9H16N4O2. The van der Waals surface area contributed by atoms with E-state index in [9.17, 15) is 4.79 Å². The van der Waals surface area contributed by atoms with Crippen LogP contribution < -0.4 is 5.73 Å². The van der Waals surface area contributed by atoms with E-state index >= 15 is 0 Å². The lowest BCUT2D eigenvalue weighted by Gasteiger charge is -2.21. The van der Waals surface area contributed by atoms with E-state index in [2.05, 4.69) is 10.3 Å². The van der Waals surface area contributed by atoms with E-state index in [0.29, 0.717) is 0 Å². The van der Waals surface area contributed by atoms with E-state index in [1.807, 2.05) is 0 Å². The molecule has 1 aromatic heterocycles. The molecule has 1 heterocycles. The predicted molar refractivity (Wildman–Crippen MR) is 53.8 cm³/mol. The van der Waals surface area contributed by atoms with Crippen LogP contribution in [0.4, 0.5) is 0 Å². The minimum atomic E-state index is -0.717. The van der Waals surface area contributed by atoms with E-state index < -0.39 is 17.6 Å². The summed E-state index contributed by atoms with van der Waals surface area (Å²) in [6.45, 7) is 5.67. The Labute approximate surface area is 88.4 Å². The van der Waals surface area contributed by atoms with Gasteiger partial charge in [-0.2, -0.15) is 0 Å². The van der Waals surface area contributed by atoms with Crippen molar-refractivity contribution < 1.29 is 9.53 Å². The van der Waals surface area contributed by atoms with Gasteiger partial charge < -0.3 is 10.5 Å². The summed E-state index contributed by atoms with van der Waals surface area (Å²) in [4.78, 5) is 11.5. The predicted octanol–water partition coefficient (Wildman–Crippen LogP) is -0.0529. The minimum absolute atomic E-state index is 0.273. The largest absolute Gasteiger partial charge is 0.459 e. The molecule has 0 radical (unpaired) electrons. The van der Waals surface area contributed by atoms with Crippen molar-refractivity contribution in [1.82, 2.24) is 15.0 Å². The molecule has 1 rings (SSSR count). The number of hydrogen-bond acceptors (Lipinski definition) is 5. The van der Waals surface area contributed by atoms with Crippen LogP contribution >= 0.6 is 0 Å². The Morgan fingerprint density at radius 1 is 1.60 bits per heavy atom. The van der Waals surface area contributed by atoms with Crippen molar-refractivity contribution in [3.63, 3.8) is 0 Å². The van der Waals surface area contributed by atoms with E-state index in [1.165, 1.54) is 10.9 Å². The third-order valence-electron chi connectivity index (χ3n) is 1.57. The highest BCUT2D eigenvalue weighted by molar-refractivity contribution is 5.75. The summed E-state index contributed by atoms with van der Waals surface area (Å²) in [6, 6.07) is -0.717. The zero-order valence-electron chi connectivity index (χ0n) is 9.17. The quantitative estimate of drug-likeness (QED) is 0.710. The summed E-state index contributed by atoms with van der Waals surface area (Å²) in [5.74, 6) is -0.432. The summed E-state index contributed by atoms with van der Waals surface area (Å²) < 4.78 is 6.62. The Bertz CT molecular complexity index is 315. The van der Waals surface area contributed by atoms with Gasteiger partial charge in [-0.15, -0.1) is 5.10 Å². The van der Waals surface area contributed by atoms with Gasteiger partial charge in [-0.05, 0) is 20.8 Å². The molecule has 84 valence electrons.